The number of nitrogens with one attached hydrogen (secondary N) is 1. The monoisotopic (exact) mass is 248 g/mol. The average Bonchev–Trinajstić information content (AvgIpc) is 2.30. The van der Waals surface area contributed by atoms with Crippen LogP contribution in [-0.2, 0) is 0 Å². The summed E-state index contributed by atoms with van der Waals surface area (Å²) < 4.78 is 2.04. The maximum absolute atomic E-state index is 5.00. The molecule has 0 aliphatic rings. The number of thioether (sulfide) groups is 1. The summed E-state index contributed by atoms with van der Waals surface area (Å²) in [5.41, 5.74) is 0. The smallest absolute Gasteiger partial charge is 0.177 e. The predicted molar refractivity (Wildman–Crippen MR) is 66.7 cm³/mol. The standard InChI is InChI=1S/C9H16N2S3/c1-6(2)5-9(3,4)14-8-11-10-7(12)13-8/h6H,5H2,1-4H3,(H,10,12). The van der Waals surface area contributed by atoms with E-state index in [1.807, 2.05) is 0 Å². The van der Waals surface area contributed by atoms with Gasteiger partial charge in [0.25, 0.3) is 0 Å². The van der Waals surface area contributed by atoms with E-state index in [0.717, 1.165) is 8.29 Å². The quantitative estimate of drug-likeness (QED) is 0.642. The average molecular weight is 248 g/mol. The van der Waals surface area contributed by atoms with E-state index in [4.69, 9.17) is 12.2 Å². The molecule has 2 nitrogen and oxygen atoms in total. The number of aromatic amines is 1. The summed E-state index contributed by atoms with van der Waals surface area (Å²) in [4.78, 5) is 0. The van der Waals surface area contributed by atoms with Crippen molar-refractivity contribution in [2.24, 2.45) is 5.92 Å². The largest absolute Gasteiger partial charge is 0.257 e. The van der Waals surface area contributed by atoms with Gasteiger partial charge in [-0.15, -0.1) is 0 Å². The fraction of sp³-hybridized carbons (Fsp3) is 0.778. The molecule has 1 N–H and O–H groups in total. The molecular weight excluding hydrogens is 232 g/mol. The van der Waals surface area contributed by atoms with Crippen molar-refractivity contribution in [3.05, 3.63) is 3.95 Å². The summed E-state index contributed by atoms with van der Waals surface area (Å²) in [5.74, 6) is 0.712. The molecule has 1 aromatic heterocycles. The van der Waals surface area contributed by atoms with Crippen LogP contribution in [0, 0.1) is 9.87 Å². The van der Waals surface area contributed by atoms with Gasteiger partial charge in [0.2, 0.25) is 0 Å². The third-order valence-corrected chi connectivity index (χ3v) is 4.05. The number of nitrogens with zero attached hydrogens (tertiary/aromatic N) is 1. The Kier molecular flexibility index (Phi) is 4.15. The van der Waals surface area contributed by atoms with Crippen molar-refractivity contribution in [3.8, 4) is 0 Å². The minimum atomic E-state index is 0.238. The highest BCUT2D eigenvalue weighted by Crippen LogP contribution is 2.37. The van der Waals surface area contributed by atoms with Gasteiger partial charge >= 0.3 is 0 Å². The van der Waals surface area contributed by atoms with Crippen LogP contribution in [0.2, 0.25) is 0 Å². The summed E-state index contributed by atoms with van der Waals surface area (Å²) in [6.07, 6.45) is 1.18. The second kappa shape index (κ2) is 4.77. The highest BCUT2D eigenvalue weighted by atomic mass is 32.2. The molecule has 0 atom stereocenters. The number of aromatic nitrogens is 2. The molecule has 80 valence electrons. The molecule has 0 radical (unpaired) electrons. The lowest BCUT2D eigenvalue weighted by molar-refractivity contribution is 0.503. The highest BCUT2D eigenvalue weighted by Gasteiger charge is 2.22. The van der Waals surface area contributed by atoms with Gasteiger partial charge in [-0.2, -0.15) is 5.10 Å². The van der Waals surface area contributed by atoms with Crippen LogP contribution in [0.1, 0.15) is 34.1 Å². The van der Waals surface area contributed by atoms with Crippen LogP contribution in [0.4, 0.5) is 0 Å². The Bertz CT molecular complexity index is 338. The molecule has 0 spiro atoms. The first-order valence-corrected chi connectivity index (χ1v) is 6.68. The summed E-state index contributed by atoms with van der Waals surface area (Å²) in [5, 5.41) is 6.97. The van der Waals surface area contributed by atoms with E-state index in [1.54, 1.807) is 23.1 Å². The Morgan fingerprint density at radius 3 is 2.64 bits per heavy atom. The highest BCUT2D eigenvalue weighted by molar-refractivity contribution is 8.02. The maximum Gasteiger partial charge on any atom is 0.177 e. The fourth-order valence-electron chi connectivity index (χ4n) is 1.52. The second-order valence-electron chi connectivity index (χ2n) is 4.34. The fourth-order valence-corrected chi connectivity index (χ4v) is 4.38. The van der Waals surface area contributed by atoms with Crippen molar-refractivity contribution >= 4 is 35.3 Å². The normalized spacial score (nSPS) is 12.4. The molecule has 0 aliphatic heterocycles. The van der Waals surface area contributed by atoms with Gasteiger partial charge in [0.05, 0.1) is 0 Å². The van der Waals surface area contributed by atoms with E-state index in [9.17, 15) is 0 Å². The van der Waals surface area contributed by atoms with Crippen molar-refractivity contribution in [2.75, 3.05) is 0 Å². The van der Waals surface area contributed by atoms with Crippen molar-refractivity contribution < 1.29 is 0 Å². The molecule has 5 heteroatoms. The van der Waals surface area contributed by atoms with Crippen molar-refractivity contribution in [2.45, 2.75) is 43.2 Å². The lowest BCUT2D eigenvalue weighted by Gasteiger charge is -2.24. The molecule has 1 aromatic rings. The van der Waals surface area contributed by atoms with Crippen LogP contribution in [0.25, 0.3) is 0 Å². The van der Waals surface area contributed by atoms with Gasteiger partial charge in [0.1, 0.15) is 0 Å². The third-order valence-electron chi connectivity index (χ3n) is 1.68. The lowest BCUT2D eigenvalue weighted by Crippen LogP contribution is -2.17. The Hall–Kier alpha value is 0.130. The van der Waals surface area contributed by atoms with Gasteiger partial charge in [0, 0.05) is 4.75 Å². The minimum absolute atomic E-state index is 0.238. The molecule has 0 saturated heterocycles. The summed E-state index contributed by atoms with van der Waals surface area (Å²) in [7, 11) is 0. The molecule has 0 saturated carbocycles. The first-order valence-electron chi connectivity index (χ1n) is 4.63. The minimum Gasteiger partial charge on any atom is -0.257 e. The van der Waals surface area contributed by atoms with E-state index in [0.29, 0.717) is 5.92 Å². The van der Waals surface area contributed by atoms with Crippen LogP contribution in [-0.4, -0.2) is 14.9 Å². The molecule has 0 unspecified atom stereocenters. The molecule has 14 heavy (non-hydrogen) atoms. The van der Waals surface area contributed by atoms with Crippen LogP contribution in [0.5, 0.6) is 0 Å². The second-order valence-corrected chi connectivity index (χ2v) is 7.96. The summed E-state index contributed by atoms with van der Waals surface area (Å²) in [6, 6.07) is 0. The number of H-pyrrole nitrogens is 1. The van der Waals surface area contributed by atoms with E-state index < -0.39 is 0 Å². The molecule has 0 aliphatic carbocycles. The van der Waals surface area contributed by atoms with Crippen LogP contribution >= 0.6 is 35.3 Å². The molecule has 0 fully saturated rings. The molecule has 1 rings (SSSR count). The summed E-state index contributed by atoms with van der Waals surface area (Å²) >= 11 is 8.35. The molecule has 0 aromatic carbocycles. The zero-order valence-corrected chi connectivity index (χ0v) is 11.4. The number of rotatable bonds is 4. The van der Waals surface area contributed by atoms with Gasteiger partial charge in [-0.3, -0.25) is 5.10 Å². The topological polar surface area (TPSA) is 28.7 Å². The van der Waals surface area contributed by atoms with E-state index >= 15 is 0 Å². The van der Waals surface area contributed by atoms with Gasteiger partial charge < -0.3 is 0 Å². The Morgan fingerprint density at radius 1 is 1.57 bits per heavy atom. The Balaban J connectivity index is 2.63. The maximum atomic E-state index is 5.00. The zero-order valence-electron chi connectivity index (χ0n) is 8.96. The van der Waals surface area contributed by atoms with E-state index in [2.05, 4.69) is 37.9 Å². The zero-order chi connectivity index (χ0) is 10.8. The third kappa shape index (κ3) is 4.11. The van der Waals surface area contributed by atoms with E-state index in [-0.39, 0.29) is 4.75 Å². The molecular formula is C9H16N2S3. The van der Waals surface area contributed by atoms with Crippen LogP contribution in [0.15, 0.2) is 4.34 Å². The molecule has 0 amide bonds. The van der Waals surface area contributed by atoms with E-state index in [1.165, 1.54) is 6.42 Å². The van der Waals surface area contributed by atoms with Crippen LogP contribution < -0.4 is 0 Å². The Labute approximate surface area is 98.5 Å². The van der Waals surface area contributed by atoms with Gasteiger partial charge in [-0.25, -0.2) is 0 Å². The number of hydrogen-bond acceptors (Lipinski definition) is 4. The summed E-state index contributed by atoms with van der Waals surface area (Å²) in [6.45, 7) is 8.99. The first kappa shape index (κ1) is 12.2. The van der Waals surface area contributed by atoms with Crippen molar-refractivity contribution in [3.63, 3.8) is 0 Å². The van der Waals surface area contributed by atoms with Crippen molar-refractivity contribution in [1.82, 2.24) is 10.2 Å². The molecule has 0 bridgehead atoms. The van der Waals surface area contributed by atoms with Gasteiger partial charge in [-0.1, -0.05) is 50.8 Å². The van der Waals surface area contributed by atoms with Crippen molar-refractivity contribution in [1.29, 1.82) is 0 Å². The van der Waals surface area contributed by atoms with Gasteiger partial charge in [-0.05, 0) is 24.6 Å². The first-order chi connectivity index (χ1) is 6.39. The SMILES string of the molecule is CC(C)CC(C)(C)Sc1n[nH]c(=S)s1. The van der Waals surface area contributed by atoms with Gasteiger partial charge in [0.15, 0.2) is 8.29 Å². The number of hydrogen-bond donors (Lipinski definition) is 1. The predicted octanol–water partition coefficient (Wildman–Crippen LogP) is 4.12. The Morgan fingerprint density at radius 2 is 2.21 bits per heavy atom. The lowest BCUT2D eigenvalue weighted by atomic mass is 10.0. The van der Waals surface area contributed by atoms with Crippen LogP contribution in [0.3, 0.4) is 0 Å². The molecule has 1 heterocycles.